The first-order valence-electron chi connectivity index (χ1n) is 13.4. The summed E-state index contributed by atoms with van der Waals surface area (Å²) < 4.78 is 32.8. The van der Waals surface area contributed by atoms with Crippen LogP contribution in [-0.4, -0.2) is 80.8 Å². The van der Waals surface area contributed by atoms with Gasteiger partial charge in [-0.1, -0.05) is 42.5 Å². The number of carbonyl (C=O) groups is 2. The lowest BCUT2D eigenvalue weighted by Gasteiger charge is -2.29. The van der Waals surface area contributed by atoms with Crippen molar-refractivity contribution in [2.24, 2.45) is 0 Å². The Bertz CT molecular complexity index is 1460. The van der Waals surface area contributed by atoms with Crippen LogP contribution in [0.3, 0.4) is 0 Å². The number of aliphatic carboxylic acids is 1. The van der Waals surface area contributed by atoms with Crippen molar-refractivity contribution in [1.82, 2.24) is 19.5 Å². The summed E-state index contributed by atoms with van der Waals surface area (Å²) in [6.45, 7) is 1.08. The van der Waals surface area contributed by atoms with Crippen molar-refractivity contribution in [3.63, 3.8) is 0 Å². The van der Waals surface area contributed by atoms with Gasteiger partial charge >= 0.3 is 11.9 Å². The number of carboxylic acids is 1. The molecule has 4 N–H and O–H groups in total. The van der Waals surface area contributed by atoms with Crippen molar-refractivity contribution in [1.29, 1.82) is 0 Å². The van der Waals surface area contributed by atoms with E-state index in [-0.39, 0.29) is 41.7 Å². The fraction of sp³-hybridized carbons (Fsp3) is 0.414. The number of imidazole rings is 1. The van der Waals surface area contributed by atoms with Crippen molar-refractivity contribution in [2.75, 3.05) is 33.2 Å². The maximum absolute atomic E-state index is 15.4. The molecule has 0 amide bonds. The summed E-state index contributed by atoms with van der Waals surface area (Å²) in [5.41, 5.74) is 6.39. The van der Waals surface area contributed by atoms with Crippen LogP contribution in [0.1, 0.15) is 43.6 Å². The first-order valence-corrected chi connectivity index (χ1v) is 13.8. The molecule has 2 heterocycles. The van der Waals surface area contributed by atoms with Gasteiger partial charge < -0.3 is 30.2 Å². The average molecular weight is 620 g/mol. The van der Waals surface area contributed by atoms with Gasteiger partial charge in [-0.05, 0) is 48.1 Å². The summed E-state index contributed by atoms with van der Waals surface area (Å²) >= 11 is 5.87. The number of aliphatic hydroxyl groups is 1. The van der Waals surface area contributed by atoms with E-state index >= 15 is 4.39 Å². The van der Waals surface area contributed by atoms with Gasteiger partial charge in [0, 0.05) is 27.1 Å². The number of anilines is 1. The van der Waals surface area contributed by atoms with Gasteiger partial charge in [0.1, 0.15) is 5.52 Å². The Labute approximate surface area is 252 Å². The molecule has 3 atom stereocenters. The van der Waals surface area contributed by atoms with Crippen molar-refractivity contribution in [3.8, 4) is 0 Å². The fourth-order valence-corrected chi connectivity index (χ4v) is 4.71. The molecular weight excluding hydrogens is 585 g/mol. The predicted molar refractivity (Wildman–Crippen MR) is 158 cm³/mol. The van der Waals surface area contributed by atoms with Crippen LogP contribution in [0.4, 0.5) is 10.2 Å². The first-order chi connectivity index (χ1) is 20.7. The minimum Gasteiger partial charge on any atom is -0.479 e. The number of methoxy groups -OCH3 is 1. The second-order valence-electron chi connectivity index (χ2n) is 9.43. The molecule has 1 aromatic carbocycles. The van der Waals surface area contributed by atoms with E-state index in [0.717, 1.165) is 35.7 Å². The number of aromatic nitrogens is 4. The number of halogens is 2. The van der Waals surface area contributed by atoms with E-state index in [4.69, 9.17) is 36.7 Å². The summed E-state index contributed by atoms with van der Waals surface area (Å²) in [5, 5.41) is 17.1. The van der Waals surface area contributed by atoms with Crippen molar-refractivity contribution in [2.45, 2.75) is 50.6 Å². The normalized spacial score (nSPS) is 15.5. The monoisotopic (exact) mass is 619 g/mol. The Hall–Kier alpha value is -3.91. The number of esters is 1. The lowest BCUT2D eigenvalue weighted by atomic mass is 9.91. The minimum atomic E-state index is -2.39. The minimum absolute atomic E-state index is 0.00131. The Balaban J connectivity index is 0.00000248. The summed E-state index contributed by atoms with van der Waals surface area (Å²) in [6, 6.07) is 7.26. The second-order valence-corrected chi connectivity index (χ2v) is 9.76. The maximum atomic E-state index is 15.4. The van der Waals surface area contributed by atoms with E-state index < -0.39 is 36.5 Å². The standard InChI is InChI=1S/C28H31ClFN5O6.CH4O/c1-3-40-26(38)28(25(36)37,14-17-9-11-19(12-10-17)18-7-5-4-6-8-18)41-15-20(39-2)13-21(30)35-16-32-22-23(31)33-27(29)34-24(22)35;1-2/h4-5,7,9-12,16,20-21H,3,6,8,13-15H2,1-2H3,(H,36,37)(H2,31,33,34);2H,1H3/t20?,21?,28-;/m1./s1. The highest BCUT2D eigenvalue weighted by Crippen LogP contribution is 2.29. The third-order valence-electron chi connectivity index (χ3n) is 6.77. The van der Waals surface area contributed by atoms with E-state index in [0.29, 0.717) is 5.56 Å². The highest BCUT2D eigenvalue weighted by Gasteiger charge is 2.50. The van der Waals surface area contributed by atoms with Crippen molar-refractivity contribution >= 4 is 46.1 Å². The van der Waals surface area contributed by atoms with Crippen molar-refractivity contribution < 1.29 is 38.4 Å². The van der Waals surface area contributed by atoms with Crippen LogP contribution in [0.2, 0.25) is 5.28 Å². The number of carbonyl (C=O) groups excluding carboxylic acids is 1. The SMILES string of the molecule is CCOC(=O)[C@](Cc1ccc(C2=CC=CCC2)cc1)(OCC(CC(F)n1cnc2c(N)nc(Cl)nc21)OC)C(=O)O.CO. The molecule has 12 nitrogen and oxygen atoms in total. The van der Waals surface area contributed by atoms with Crippen LogP contribution < -0.4 is 5.73 Å². The Morgan fingerprint density at radius 2 is 1.95 bits per heavy atom. The van der Waals surface area contributed by atoms with Crippen LogP contribution in [-0.2, 0) is 30.2 Å². The molecule has 0 fully saturated rings. The van der Waals surface area contributed by atoms with Gasteiger partial charge in [-0.3, -0.25) is 4.57 Å². The number of carboxylic acid groups (broad SMARTS) is 1. The maximum Gasteiger partial charge on any atom is 0.350 e. The van der Waals surface area contributed by atoms with Gasteiger partial charge in [-0.15, -0.1) is 0 Å². The largest absolute Gasteiger partial charge is 0.479 e. The topological polar surface area (TPSA) is 172 Å². The molecule has 0 saturated carbocycles. The van der Waals surface area contributed by atoms with Crippen LogP contribution >= 0.6 is 11.6 Å². The zero-order valence-corrected chi connectivity index (χ0v) is 24.8. The van der Waals surface area contributed by atoms with E-state index in [2.05, 4.69) is 21.0 Å². The van der Waals surface area contributed by atoms with Crippen LogP contribution in [0.5, 0.6) is 0 Å². The van der Waals surface area contributed by atoms with Gasteiger partial charge in [-0.25, -0.2) is 19.0 Å². The van der Waals surface area contributed by atoms with Crippen LogP contribution in [0.15, 0.2) is 48.8 Å². The Morgan fingerprint density at radius 1 is 1.23 bits per heavy atom. The summed E-state index contributed by atoms with van der Waals surface area (Å²) in [7, 11) is 2.32. The zero-order valence-electron chi connectivity index (χ0n) is 24.1. The second kappa shape index (κ2) is 15.5. The third-order valence-corrected chi connectivity index (χ3v) is 6.94. The van der Waals surface area contributed by atoms with E-state index in [1.54, 1.807) is 19.1 Å². The summed E-state index contributed by atoms with van der Waals surface area (Å²) in [5.74, 6) is -2.60. The highest BCUT2D eigenvalue weighted by atomic mass is 35.5. The van der Waals surface area contributed by atoms with Crippen LogP contribution in [0, 0.1) is 0 Å². The summed E-state index contributed by atoms with van der Waals surface area (Å²) in [6.07, 6.45) is 5.88. The predicted octanol–water partition coefficient (Wildman–Crippen LogP) is 3.92. The number of alkyl halides is 1. The smallest absolute Gasteiger partial charge is 0.350 e. The molecule has 1 aliphatic carbocycles. The molecule has 0 spiro atoms. The van der Waals surface area contributed by atoms with Gasteiger partial charge in [0.05, 0.1) is 25.6 Å². The lowest BCUT2D eigenvalue weighted by molar-refractivity contribution is -0.191. The van der Waals surface area contributed by atoms with E-state index in [1.165, 1.54) is 13.4 Å². The van der Waals surface area contributed by atoms with Gasteiger partial charge in [0.15, 0.2) is 17.8 Å². The van der Waals surface area contributed by atoms with E-state index in [9.17, 15) is 14.7 Å². The average Bonchev–Trinajstić information content (AvgIpc) is 3.44. The Kier molecular flexibility index (Phi) is 12.1. The number of nitrogens with two attached hydrogens (primary N) is 1. The lowest BCUT2D eigenvalue weighted by Crippen LogP contribution is -2.53. The molecule has 2 aromatic heterocycles. The fourth-order valence-electron chi connectivity index (χ4n) is 4.54. The number of hydrogen-bond donors (Lipinski definition) is 3. The molecule has 232 valence electrons. The molecule has 14 heteroatoms. The number of benzene rings is 1. The molecule has 2 unspecified atom stereocenters. The number of hydrogen-bond acceptors (Lipinski definition) is 10. The molecule has 0 saturated heterocycles. The highest BCUT2D eigenvalue weighted by molar-refractivity contribution is 6.28. The number of rotatable bonds is 13. The number of ether oxygens (including phenoxy) is 3. The van der Waals surface area contributed by atoms with Gasteiger partial charge in [-0.2, -0.15) is 9.97 Å². The number of nitrogens with zero attached hydrogens (tertiary/aromatic N) is 4. The number of aliphatic hydroxyl groups excluding tert-OH is 1. The molecule has 0 radical (unpaired) electrons. The molecule has 0 aliphatic heterocycles. The number of allylic oxidation sites excluding steroid dienone is 4. The van der Waals surface area contributed by atoms with Crippen LogP contribution in [0.25, 0.3) is 16.7 Å². The van der Waals surface area contributed by atoms with Crippen molar-refractivity contribution in [3.05, 3.63) is 65.2 Å². The molecule has 1 aliphatic rings. The molecule has 4 rings (SSSR count). The number of fused-ring (bicyclic) bond motifs is 1. The molecule has 43 heavy (non-hydrogen) atoms. The molecule has 3 aromatic rings. The first kappa shape index (κ1) is 33.6. The van der Waals surface area contributed by atoms with Gasteiger partial charge in [0.2, 0.25) is 5.28 Å². The zero-order chi connectivity index (χ0) is 31.6. The van der Waals surface area contributed by atoms with E-state index in [1.807, 2.05) is 24.3 Å². The Morgan fingerprint density at radius 3 is 2.56 bits per heavy atom. The van der Waals surface area contributed by atoms with Gasteiger partial charge in [0.25, 0.3) is 5.60 Å². The number of nitrogen functional groups attached to an aromatic ring is 1. The quantitative estimate of drug-likeness (QED) is 0.144. The molecular formula is C29H35ClFN5O7. The molecule has 0 bridgehead atoms. The third kappa shape index (κ3) is 7.93. The summed E-state index contributed by atoms with van der Waals surface area (Å²) in [4.78, 5) is 37.5.